The van der Waals surface area contributed by atoms with Crippen LogP contribution < -0.4 is 0 Å². The third-order valence-electron chi connectivity index (χ3n) is 11.5. The first kappa shape index (κ1) is 19.4. The SMILES string of the molecule is CC1CC[C@@]2(OC1)O[C@H]1C[C@H]3[C@@H]4CC[C@H]5CC=CC[C@]5(C)[C@H]4CC[C@]3(C)[C@H]1[C@@H]2C. The Kier molecular flexibility index (Phi) is 4.23. The Hall–Kier alpha value is -0.340. The normalized spacial score (nSPS) is 61.1. The molecule has 0 radical (unpaired) electrons. The van der Waals surface area contributed by atoms with Crippen LogP contribution in [0.3, 0.4) is 0 Å². The van der Waals surface area contributed by atoms with Gasteiger partial charge in [-0.15, -0.1) is 0 Å². The molecule has 1 spiro atoms. The molecular formula is C27H42O2. The fourth-order valence-electron chi connectivity index (χ4n) is 9.86. The van der Waals surface area contributed by atoms with Gasteiger partial charge in [-0.25, -0.2) is 0 Å². The van der Waals surface area contributed by atoms with E-state index in [1.54, 1.807) is 0 Å². The Morgan fingerprint density at radius 1 is 0.897 bits per heavy atom. The summed E-state index contributed by atoms with van der Waals surface area (Å²) >= 11 is 0. The molecule has 6 aliphatic rings. The van der Waals surface area contributed by atoms with Gasteiger partial charge in [0.05, 0.1) is 12.7 Å². The molecule has 2 heterocycles. The zero-order valence-corrected chi connectivity index (χ0v) is 19.2. The van der Waals surface area contributed by atoms with Gasteiger partial charge in [-0.05, 0) is 97.7 Å². The minimum Gasteiger partial charge on any atom is -0.349 e. The average molecular weight is 399 g/mol. The van der Waals surface area contributed by atoms with Gasteiger partial charge in [0.2, 0.25) is 0 Å². The number of hydrogen-bond donors (Lipinski definition) is 0. The summed E-state index contributed by atoms with van der Waals surface area (Å²) in [6.45, 7) is 11.0. The second-order valence-corrected chi connectivity index (χ2v) is 12.6. The summed E-state index contributed by atoms with van der Waals surface area (Å²) in [5.74, 6) is 5.39. The lowest BCUT2D eigenvalue weighted by Gasteiger charge is -2.60. The molecule has 6 rings (SSSR count). The summed E-state index contributed by atoms with van der Waals surface area (Å²) in [6.07, 6.45) is 17.6. The van der Waals surface area contributed by atoms with E-state index in [1.165, 1.54) is 51.4 Å². The highest BCUT2D eigenvalue weighted by atomic mass is 16.7. The third-order valence-corrected chi connectivity index (χ3v) is 11.5. The van der Waals surface area contributed by atoms with E-state index in [1.807, 2.05) is 0 Å². The second kappa shape index (κ2) is 6.35. The van der Waals surface area contributed by atoms with Crippen molar-refractivity contribution >= 4 is 0 Å². The highest BCUT2D eigenvalue weighted by molar-refractivity contribution is 5.16. The summed E-state index contributed by atoms with van der Waals surface area (Å²) in [5, 5.41) is 0. The lowest BCUT2D eigenvalue weighted by atomic mass is 9.45. The van der Waals surface area contributed by atoms with E-state index in [-0.39, 0.29) is 5.79 Å². The molecule has 11 atom stereocenters. The molecule has 0 aromatic rings. The quantitative estimate of drug-likeness (QED) is 0.428. The first-order valence-electron chi connectivity index (χ1n) is 12.8. The summed E-state index contributed by atoms with van der Waals surface area (Å²) in [7, 11) is 0. The van der Waals surface area contributed by atoms with Gasteiger partial charge < -0.3 is 9.47 Å². The molecule has 29 heavy (non-hydrogen) atoms. The van der Waals surface area contributed by atoms with Crippen molar-refractivity contribution in [3.63, 3.8) is 0 Å². The largest absolute Gasteiger partial charge is 0.349 e. The zero-order valence-electron chi connectivity index (χ0n) is 19.2. The molecule has 3 saturated carbocycles. The number of rotatable bonds is 0. The number of hydrogen-bond acceptors (Lipinski definition) is 2. The molecule has 0 aromatic heterocycles. The summed E-state index contributed by atoms with van der Waals surface area (Å²) in [5.41, 5.74) is 1.03. The minimum atomic E-state index is -0.259. The molecule has 2 nitrogen and oxygen atoms in total. The Bertz CT molecular complexity index is 691. The summed E-state index contributed by atoms with van der Waals surface area (Å²) in [4.78, 5) is 0. The Labute approximate surface area is 178 Å². The van der Waals surface area contributed by atoms with Gasteiger partial charge in [0.25, 0.3) is 0 Å². The molecule has 2 heteroatoms. The maximum Gasteiger partial charge on any atom is 0.171 e. The smallest absolute Gasteiger partial charge is 0.171 e. The Morgan fingerprint density at radius 3 is 2.55 bits per heavy atom. The number of fused-ring (bicyclic) bond motifs is 7. The molecular weight excluding hydrogens is 356 g/mol. The van der Waals surface area contributed by atoms with Gasteiger partial charge in [-0.3, -0.25) is 0 Å². The fourth-order valence-corrected chi connectivity index (χ4v) is 9.86. The molecule has 0 bridgehead atoms. The molecule has 2 saturated heterocycles. The molecule has 2 aliphatic heterocycles. The molecule has 1 unspecified atom stereocenters. The van der Waals surface area contributed by atoms with Crippen molar-refractivity contribution in [3.8, 4) is 0 Å². The van der Waals surface area contributed by atoms with Gasteiger partial charge in [-0.1, -0.05) is 39.8 Å². The van der Waals surface area contributed by atoms with Crippen molar-refractivity contribution in [2.24, 2.45) is 52.3 Å². The monoisotopic (exact) mass is 398 g/mol. The topological polar surface area (TPSA) is 18.5 Å². The van der Waals surface area contributed by atoms with Crippen LogP contribution in [0.2, 0.25) is 0 Å². The van der Waals surface area contributed by atoms with Crippen LogP contribution in [0.4, 0.5) is 0 Å². The zero-order chi connectivity index (χ0) is 20.0. The van der Waals surface area contributed by atoms with Crippen molar-refractivity contribution < 1.29 is 9.47 Å². The molecule has 162 valence electrons. The van der Waals surface area contributed by atoms with Crippen molar-refractivity contribution in [1.29, 1.82) is 0 Å². The van der Waals surface area contributed by atoms with Crippen molar-refractivity contribution in [2.75, 3.05) is 6.61 Å². The van der Waals surface area contributed by atoms with Crippen LogP contribution in [-0.4, -0.2) is 18.5 Å². The van der Waals surface area contributed by atoms with Crippen molar-refractivity contribution in [3.05, 3.63) is 12.2 Å². The van der Waals surface area contributed by atoms with Gasteiger partial charge in [0, 0.05) is 12.3 Å². The van der Waals surface area contributed by atoms with Gasteiger partial charge >= 0.3 is 0 Å². The van der Waals surface area contributed by atoms with E-state index in [0.717, 1.165) is 36.7 Å². The lowest BCUT2D eigenvalue weighted by molar-refractivity contribution is -0.273. The first-order chi connectivity index (χ1) is 13.9. The van der Waals surface area contributed by atoms with Crippen LogP contribution in [0.25, 0.3) is 0 Å². The third kappa shape index (κ3) is 2.48. The van der Waals surface area contributed by atoms with E-state index in [4.69, 9.17) is 9.47 Å². The van der Waals surface area contributed by atoms with Crippen LogP contribution in [0.1, 0.15) is 85.5 Å². The maximum atomic E-state index is 6.91. The van der Waals surface area contributed by atoms with Crippen LogP contribution >= 0.6 is 0 Å². The summed E-state index contributed by atoms with van der Waals surface area (Å²) in [6, 6.07) is 0. The van der Waals surface area contributed by atoms with Crippen molar-refractivity contribution in [2.45, 2.75) is 97.4 Å². The average Bonchev–Trinajstić information content (AvgIpc) is 3.15. The van der Waals surface area contributed by atoms with E-state index in [2.05, 4.69) is 39.8 Å². The predicted octanol–water partition coefficient (Wildman–Crippen LogP) is 6.60. The second-order valence-electron chi connectivity index (χ2n) is 12.6. The van der Waals surface area contributed by atoms with E-state index < -0.39 is 0 Å². The molecule has 5 fully saturated rings. The highest BCUT2D eigenvalue weighted by Gasteiger charge is 2.68. The predicted molar refractivity (Wildman–Crippen MR) is 116 cm³/mol. The van der Waals surface area contributed by atoms with Gasteiger partial charge in [0.1, 0.15) is 0 Å². The van der Waals surface area contributed by atoms with Crippen LogP contribution in [0, 0.1) is 52.3 Å². The Morgan fingerprint density at radius 2 is 1.76 bits per heavy atom. The van der Waals surface area contributed by atoms with Crippen LogP contribution in [-0.2, 0) is 9.47 Å². The number of allylic oxidation sites excluding steroid dienone is 2. The van der Waals surface area contributed by atoms with E-state index >= 15 is 0 Å². The van der Waals surface area contributed by atoms with Gasteiger partial charge in [-0.2, -0.15) is 0 Å². The molecule has 0 amide bonds. The van der Waals surface area contributed by atoms with E-state index in [9.17, 15) is 0 Å². The van der Waals surface area contributed by atoms with Gasteiger partial charge in [0.15, 0.2) is 5.79 Å². The fraction of sp³-hybridized carbons (Fsp3) is 0.926. The highest BCUT2D eigenvalue weighted by Crippen LogP contribution is 2.71. The minimum absolute atomic E-state index is 0.259. The van der Waals surface area contributed by atoms with Crippen LogP contribution in [0.15, 0.2) is 12.2 Å². The maximum absolute atomic E-state index is 6.91. The van der Waals surface area contributed by atoms with Crippen LogP contribution in [0.5, 0.6) is 0 Å². The lowest BCUT2D eigenvalue weighted by Crippen LogP contribution is -2.53. The Balaban J connectivity index is 1.28. The molecule has 0 aromatic carbocycles. The number of ether oxygens (including phenoxy) is 2. The van der Waals surface area contributed by atoms with Crippen molar-refractivity contribution in [1.82, 2.24) is 0 Å². The molecule has 0 N–H and O–H groups in total. The van der Waals surface area contributed by atoms with E-state index in [0.29, 0.717) is 34.7 Å². The molecule has 4 aliphatic carbocycles. The standard InChI is InChI=1S/C27H42O2/c1-17-10-14-27(28-16-17)18(2)24-23(29-27)15-22-20-9-8-19-7-5-6-12-25(19,3)21(20)11-13-26(22,24)4/h5-6,17-24H,7-16H2,1-4H3/t17?,18-,19+,20+,21-,22-,23-,24-,25-,26-,27+/m0/s1. The summed E-state index contributed by atoms with van der Waals surface area (Å²) < 4.78 is 13.4. The first-order valence-corrected chi connectivity index (χ1v) is 12.8.